The lowest BCUT2D eigenvalue weighted by Crippen LogP contribution is -2.52. The number of allylic oxidation sites excluding steroid dienone is 4. The fourth-order valence-corrected chi connectivity index (χ4v) is 6.66. The Bertz CT molecular complexity index is 581. The van der Waals surface area contributed by atoms with Crippen LogP contribution in [0.25, 0.3) is 0 Å². The minimum absolute atomic E-state index is 0.236. The Morgan fingerprint density at radius 3 is 0.841 bits per heavy atom. The van der Waals surface area contributed by atoms with E-state index in [1.54, 1.807) is 0 Å². The number of rotatable bonds is 37. The summed E-state index contributed by atoms with van der Waals surface area (Å²) in [5.41, 5.74) is 0. The van der Waals surface area contributed by atoms with Crippen molar-refractivity contribution in [3.05, 3.63) is 24.3 Å². The maximum Gasteiger partial charge on any atom is 0.102 e. The van der Waals surface area contributed by atoms with Crippen molar-refractivity contribution < 1.29 is 14.7 Å². The second kappa shape index (κ2) is 36.8. The van der Waals surface area contributed by atoms with E-state index in [0.717, 1.165) is 30.7 Å². The van der Waals surface area contributed by atoms with E-state index in [1.165, 1.54) is 186 Å². The van der Waals surface area contributed by atoms with Crippen LogP contribution >= 0.6 is 0 Å². The van der Waals surface area contributed by atoms with Crippen LogP contribution in [-0.4, -0.2) is 54.1 Å². The van der Waals surface area contributed by atoms with Gasteiger partial charge in [-0.05, 0) is 77.0 Å². The molecule has 262 valence electrons. The topological polar surface area (TPSA) is 40.5 Å². The first-order chi connectivity index (χ1) is 21.7. The van der Waals surface area contributed by atoms with Gasteiger partial charge in [-0.25, -0.2) is 0 Å². The third-order valence-electron chi connectivity index (χ3n) is 9.69. The first-order valence-electron chi connectivity index (χ1n) is 20.1. The summed E-state index contributed by atoms with van der Waals surface area (Å²) in [6.45, 7) is 8.89. The Morgan fingerprint density at radius 2 is 0.568 bits per heavy atom. The molecule has 3 heteroatoms. The van der Waals surface area contributed by atoms with Gasteiger partial charge in [0, 0.05) is 0 Å². The molecule has 0 rings (SSSR count). The number of hydrogen-bond donors (Lipinski definition) is 2. The largest absolute Gasteiger partial charge is 0.391 e. The normalized spacial score (nSPS) is 12.4. The zero-order valence-corrected chi connectivity index (χ0v) is 30.4. The molecule has 0 aliphatic carbocycles. The minimum Gasteiger partial charge on any atom is -0.391 e. The molecule has 0 aromatic rings. The molecular weight excluding hydrogens is 538 g/mol. The maximum absolute atomic E-state index is 9.80. The number of hydrogen-bond acceptors (Lipinski definition) is 2. The molecule has 0 saturated carbocycles. The molecule has 0 bridgehead atoms. The molecule has 0 heterocycles. The van der Waals surface area contributed by atoms with Gasteiger partial charge in [0.1, 0.15) is 13.1 Å². The zero-order chi connectivity index (χ0) is 32.1. The first kappa shape index (κ1) is 43.4. The summed E-state index contributed by atoms with van der Waals surface area (Å²) < 4.78 is 0.918. The van der Waals surface area contributed by atoms with Gasteiger partial charge >= 0.3 is 0 Å². The Morgan fingerprint density at radius 1 is 0.318 bits per heavy atom. The highest BCUT2D eigenvalue weighted by atomic mass is 16.3. The summed E-state index contributed by atoms with van der Waals surface area (Å²) >= 11 is 0. The highest BCUT2D eigenvalue weighted by Gasteiger charge is 2.25. The second-order valence-electron chi connectivity index (χ2n) is 13.9. The first-order valence-corrected chi connectivity index (χ1v) is 20.1. The number of unbranched alkanes of at least 4 members (excludes halogenated alkanes) is 25. The van der Waals surface area contributed by atoms with Crippen molar-refractivity contribution in [3.8, 4) is 0 Å². The molecule has 0 aromatic heterocycles. The van der Waals surface area contributed by atoms with Crippen molar-refractivity contribution in [2.45, 2.75) is 200 Å². The molecular formula is C41H82NO2+. The van der Waals surface area contributed by atoms with E-state index in [4.69, 9.17) is 0 Å². The number of nitrogens with zero attached hydrogens (tertiary/aromatic N) is 1. The van der Waals surface area contributed by atoms with E-state index in [1.807, 2.05) is 0 Å². The third-order valence-corrected chi connectivity index (χ3v) is 9.69. The highest BCUT2D eigenvalue weighted by Crippen LogP contribution is 2.17. The molecule has 0 amide bonds. The number of aliphatic hydroxyl groups is 2. The Hall–Kier alpha value is -0.640. The highest BCUT2D eigenvalue weighted by molar-refractivity contribution is 4.82. The Kier molecular flexibility index (Phi) is 36.3. The van der Waals surface area contributed by atoms with Crippen molar-refractivity contribution in [2.24, 2.45) is 0 Å². The molecule has 0 aromatic carbocycles. The van der Waals surface area contributed by atoms with Gasteiger partial charge in [0.15, 0.2) is 0 Å². The molecule has 0 aliphatic rings. The predicted octanol–water partition coefficient (Wildman–Crippen LogP) is 12.3. The third kappa shape index (κ3) is 31.3. The molecule has 2 N–H and O–H groups in total. The monoisotopic (exact) mass is 621 g/mol. The average molecular weight is 621 g/mol. The summed E-state index contributed by atoms with van der Waals surface area (Å²) in [7, 11) is 0. The molecule has 0 aliphatic heterocycles. The van der Waals surface area contributed by atoms with E-state index in [0.29, 0.717) is 0 Å². The van der Waals surface area contributed by atoms with Gasteiger partial charge in [-0.1, -0.05) is 147 Å². The van der Waals surface area contributed by atoms with Crippen LogP contribution in [0.4, 0.5) is 0 Å². The molecule has 0 unspecified atom stereocenters. The smallest absolute Gasteiger partial charge is 0.102 e. The van der Waals surface area contributed by atoms with E-state index in [9.17, 15) is 10.2 Å². The standard InChI is InChI=1S/C41H82NO2/c1-3-5-7-9-11-13-15-17-19-21-23-25-27-29-31-33-35-37-42(38-40-43,39-41-44)36-34-32-30-28-26-24-22-20-18-16-14-12-10-8-6-4-2/h17-20,43-44H,3-16,21-41H2,1-2H3/q+1. The van der Waals surface area contributed by atoms with Crippen LogP contribution in [0.3, 0.4) is 0 Å². The number of aliphatic hydroxyl groups excluding tert-OH is 2. The summed E-state index contributed by atoms with van der Waals surface area (Å²) in [5, 5.41) is 19.6. The van der Waals surface area contributed by atoms with Crippen molar-refractivity contribution in [3.63, 3.8) is 0 Å². The van der Waals surface area contributed by atoms with Gasteiger partial charge in [-0.15, -0.1) is 0 Å². The predicted molar refractivity (Wildman–Crippen MR) is 197 cm³/mol. The number of quaternary nitrogens is 1. The van der Waals surface area contributed by atoms with E-state index >= 15 is 0 Å². The van der Waals surface area contributed by atoms with E-state index in [2.05, 4.69) is 38.2 Å². The fraction of sp³-hybridized carbons (Fsp3) is 0.902. The molecule has 44 heavy (non-hydrogen) atoms. The van der Waals surface area contributed by atoms with Gasteiger partial charge in [0.05, 0.1) is 26.3 Å². The maximum atomic E-state index is 9.80. The summed E-state index contributed by atoms with van der Waals surface area (Å²) in [6.07, 6.45) is 48.6. The second-order valence-corrected chi connectivity index (χ2v) is 13.9. The van der Waals surface area contributed by atoms with Gasteiger partial charge in [-0.2, -0.15) is 0 Å². The quantitative estimate of drug-likeness (QED) is 0.0412. The van der Waals surface area contributed by atoms with Crippen LogP contribution in [0.2, 0.25) is 0 Å². The van der Waals surface area contributed by atoms with Crippen molar-refractivity contribution >= 4 is 0 Å². The van der Waals surface area contributed by atoms with Crippen molar-refractivity contribution in [1.82, 2.24) is 0 Å². The van der Waals surface area contributed by atoms with Crippen LogP contribution in [0.5, 0.6) is 0 Å². The fourth-order valence-electron chi connectivity index (χ4n) is 6.66. The van der Waals surface area contributed by atoms with Gasteiger partial charge in [0.2, 0.25) is 0 Å². The molecule has 3 nitrogen and oxygen atoms in total. The van der Waals surface area contributed by atoms with Gasteiger partial charge in [-0.3, -0.25) is 0 Å². The lowest BCUT2D eigenvalue weighted by atomic mass is 10.1. The Balaban J connectivity index is 3.80. The van der Waals surface area contributed by atoms with Crippen LogP contribution in [0, 0.1) is 0 Å². The van der Waals surface area contributed by atoms with Crippen molar-refractivity contribution in [2.75, 3.05) is 39.4 Å². The zero-order valence-electron chi connectivity index (χ0n) is 30.4. The molecule has 0 radical (unpaired) electrons. The van der Waals surface area contributed by atoms with E-state index < -0.39 is 0 Å². The summed E-state index contributed by atoms with van der Waals surface area (Å²) in [5.74, 6) is 0. The molecule has 0 saturated heterocycles. The van der Waals surface area contributed by atoms with Crippen LogP contribution in [0.1, 0.15) is 200 Å². The Labute approximate surface area is 278 Å². The minimum atomic E-state index is 0.236. The van der Waals surface area contributed by atoms with Gasteiger partial charge < -0.3 is 14.7 Å². The van der Waals surface area contributed by atoms with Crippen LogP contribution in [0.15, 0.2) is 24.3 Å². The van der Waals surface area contributed by atoms with Crippen molar-refractivity contribution in [1.29, 1.82) is 0 Å². The summed E-state index contributed by atoms with van der Waals surface area (Å²) in [6, 6.07) is 0. The molecule has 0 atom stereocenters. The molecule has 0 spiro atoms. The SMILES string of the molecule is CCCCCCCCC=CCCCCCCCCC[N+](CCO)(CCO)CCCCCCCCC=CCCCCCCCC. The molecule has 0 fully saturated rings. The average Bonchev–Trinajstić information content (AvgIpc) is 3.02. The van der Waals surface area contributed by atoms with Crippen LogP contribution < -0.4 is 0 Å². The van der Waals surface area contributed by atoms with E-state index in [-0.39, 0.29) is 13.2 Å². The lowest BCUT2D eigenvalue weighted by Gasteiger charge is -2.38. The van der Waals surface area contributed by atoms with Crippen LogP contribution in [-0.2, 0) is 0 Å². The summed E-state index contributed by atoms with van der Waals surface area (Å²) in [4.78, 5) is 0. The lowest BCUT2D eigenvalue weighted by molar-refractivity contribution is -0.929. The van der Waals surface area contributed by atoms with Gasteiger partial charge in [0.25, 0.3) is 0 Å².